The number of nitrogens with zero attached hydrogens (tertiary/aromatic N) is 1. The Morgan fingerprint density at radius 3 is 2.30 bits per heavy atom. The van der Waals surface area contributed by atoms with Gasteiger partial charge in [-0.25, -0.2) is 0 Å². The molecule has 23 heavy (non-hydrogen) atoms. The monoisotopic (exact) mass is 323 g/mol. The van der Waals surface area contributed by atoms with Gasteiger partial charge in [-0.2, -0.15) is 0 Å². The highest BCUT2D eigenvalue weighted by Crippen LogP contribution is 2.33. The van der Waals surface area contributed by atoms with Gasteiger partial charge in [-0.05, 0) is 50.5 Å². The van der Waals surface area contributed by atoms with Crippen molar-refractivity contribution in [3.8, 4) is 11.5 Å². The van der Waals surface area contributed by atoms with Crippen LogP contribution in [0.1, 0.15) is 31.9 Å². The summed E-state index contributed by atoms with van der Waals surface area (Å²) in [6.45, 7) is 8.70. The molecule has 0 saturated carbocycles. The van der Waals surface area contributed by atoms with Crippen LogP contribution in [0.4, 0.5) is 0 Å². The number of fused-ring (bicyclic) bond motifs is 1. The zero-order valence-corrected chi connectivity index (χ0v) is 14.9. The minimum Gasteiger partial charge on any atom is -0.493 e. The van der Waals surface area contributed by atoms with E-state index in [1.807, 2.05) is 26.8 Å². The summed E-state index contributed by atoms with van der Waals surface area (Å²) in [7, 11) is 3.31. The van der Waals surface area contributed by atoms with E-state index in [-0.39, 0.29) is 5.60 Å². The lowest BCUT2D eigenvalue weighted by molar-refractivity contribution is -0.0569. The second-order valence-electron chi connectivity index (χ2n) is 7.04. The highest BCUT2D eigenvalue weighted by atomic mass is 16.5. The van der Waals surface area contributed by atoms with Crippen molar-refractivity contribution in [3.05, 3.63) is 23.3 Å². The first-order valence-corrected chi connectivity index (χ1v) is 8.10. The first kappa shape index (κ1) is 18.0. The summed E-state index contributed by atoms with van der Waals surface area (Å²) in [5.41, 5.74) is 2.30. The molecule has 1 aliphatic rings. The van der Waals surface area contributed by atoms with E-state index in [2.05, 4.69) is 11.0 Å². The molecule has 1 aromatic rings. The van der Waals surface area contributed by atoms with Crippen molar-refractivity contribution in [1.29, 1.82) is 0 Å². The Bertz CT molecular complexity index is 524. The van der Waals surface area contributed by atoms with E-state index in [1.165, 1.54) is 11.1 Å². The number of aliphatic hydroxyl groups excluding tert-OH is 1. The molecule has 1 heterocycles. The number of β-amino-alcohol motifs (C(OH)–C–C–N with tert-alkyl or cyclic N) is 1. The molecule has 1 N–H and O–H groups in total. The van der Waals surface area contributed by atoms with E-state index in [4.69, 9.17) is 14.2 Å². The lowest BCUT2D eigenvalue weighted by atomic mass is 9.98. The van der Waals surface area contributed by atoms with Crippen LogP contribution in [0, 0.1) is 0 Å². The minimum atomic E-state index is -0.476. The van der Waals surface area contributed by atoms with Crippen molar-refractivity contribution in [2.75, 3.05) is 33.9 Å². The number of methoxy groups -OCH3 is 2. The number of hydrogen-bond donors (Lipinski definition) is 1. The maximum Gasteiger partial charge on any atom is 0.161 e. The highest BCUT2D eigenvalue weighted by Gasteiger charge is 2.22. The summed E-state index contributed by atoms with van der Waals surface area (Å²) in [5, 5.41) is 10.2. The van der Waals surface area contributed by atoms with Crippen molar-refractivity contribution in [1.82, 2.24) is 4.90 Å². The highest BCUT2D eigenvalue weighted by molar-refractivity contribution is 5.48. The molecular weight excluding hydrogens is 294 g/mol. The van der Waals surface area contributed by atoms with Crippen LogP contribution < -0.4 is 9.47 Å². The van der Waals surface area contributed by atoms with Crippen LogP contribution in [0.3, 0.4) is 0 Å². The van der Waals surface area contributed by atoms with Gasteiger partial charge in [0.25, 0.3) is 0 Å². The molecule has 130 valence electrons. The van der Waals surface area contributed by atoms with E-state index >= 15 is 0 Å². The fourth-order valence-electron chi connectivity index (χ4n) is 2.79. The topological polar surface area (TPSA) is 51.2 Å². The lowest BCUT2D eigenvalue weighted by Gasteiger charge is -2.31. The Morgan fingerprint density at radius 1 is 1.13 bits per heavy atom. The third kappa shape index (κ3) is 5.09. The molecule has 1 aliphatic heterocycles. The zero-order valence-electron chi connectivity index (χ0n) is 14.9. The van der Waals surface area contributed by atoms with Crippen molar-refractivity contribution in [3.63, 3.8) is 0 Å². The van der Waals surface area contributed by atoms with Crippen molar-refractivity contribution < 1.29 is 19.3 Å². The molecular formula is C18H29NO4. The third-order valence-electron chi connectivity index (χ3n) is 3.97. The maximum atomic E-state index is 10.2. The van der Waals surface area contributed by atoms with Crippen LogP contribution in [0.25, 0.3) is 0 Å². The molecule has 2 rings (SSSR count). The number of aliphatic hydroxyl groups is 1. The number of ether oxygens (including phenoxy) is 3. The fraction of sp³-hybridized carbons (Fsp3) is 0.667. The van der Waals surface area contributed by atoms with Gasteiger partial charge in [0.15, 0.2) is 11.5 Å². The van der Waals surface area contributed by atoms with Crippen LogP contribution in [0.5, 0.6) is 11.5 Å². The molecule has 1 aromatic carbocycles. The number of benzene rings is 1. The Labute approximate surface area is 139 Å². The van der Waals surface area contributed by atoms with Gasteiger partial charge < -0.3 is 19.3 Å². The smallest absolute Gasteiger partial charge is 0.161 e. The Balaban J connectivity index is 1.97. The summed E-state index contributed by atoms with van der Waals surface area (Å²) in [4.78, 5) is 2.25. The van der Waals surface area contributed by atoms with Crippen LogP contribution >= 0.6 is 0 Å². The first-order chi connectivity index (χ1) is 10.8. The standard InChI is InChI=1S/C18H29NO4/c1-18(2,3)23-12-15(20)11-19-7-6-13-8-16(21-4)17(22-5)9-14(13)10-19/h8-9,15,20H,6-7,10-12H2,1-5H3. The van der Waals surface area contributed by atoms with E-state index in [9.17, 15) is 5.11 Å². The van der Waals surface area contributed by atoms with Gasteiger partial charge in [0.1, 0.15) is 0 Å². The van der Waals surface area contributed by atoms with Crippen molar-refractivity contribution in [2.45, 2.75) is 45.4 Å². The molecule has 0 bridgehead atoms. The molecule has 0 fully saturated rings. The summed E-state index contributed by atoms with van der Waals surface area (Å²) in [6.07, 6.45) is 0.471. The molecule has 0 saturated heterocycles. The number of hydrogen-bond acceptors (Lipinski definition) is 5. The predicted molar refractivity (Wildman–Crippen MR) is 90.2 cm³/mol. The summed E-state index contributed by atoms with van der Waals surface area (Å²) >= 11 is 0. The van der Waals surface area contributed by atoms with E-state index in [0.29, 0.717) is 13.2 Å². The van der Waals surface area contributed by atoms with Gasteiger partial charge in [0, 0.05) is 19.6 Å². The summed E-state index contributed by atoms with van der Waals surface area (Å²) in [5.74, 6) is 1.53. The minimum absolute atomic E-state index is 0.223. The van der Waals surface area contributed by atoms with Gasteiger partial charge in [0.05, 0.1) is 32.5 Å². The van der Waals surface area contributed by atoms with Crippen LogP contribution in [0.15, 0.2) is 12.1 Å². The van der Waals surface area contributed by atoms with Crippen LogP contribution in [0.2, 0.25) is 0 Å². The van der Waals surface area contributed by atoms with E-state index in [1.54, 1.807) is 14.2 Å². The molecule has 0 aliphatic carbocycles. The Kier molecular flexibility index (Phi) is 5.89. The zero-order chi connectivity index (χ0) is 17.0. The second-order valence-corrected chi connectivity index (χ2v) is 7.04. The quantitative estimate of drug-likeness (QED) is 0.870. The van der Waals surface area contributed by atoms with E-state index in [0.717, 1.165) is 31.0 Å². The average molecular weight is 323 g/mol. The molecule has 0 amide bonds. The van der Waals surface area contributed by atoms with Gasteiger partial charge in [-0.1, -0.05) is 0 Å². The largest absolute Gasteiger partial charge is 0.493 e. The average Bonchev–Trinajstić information content (AvgIpc) is 2.50. The summed E-state index contributed by atoms with van der Waals surface area (Å²) < 4.78 is 16.4. The van der Waals surface area contributed by atoms with Crippen LogP contribution in [-0.2, 0) is 17.7 Å². The lowest BCUT2D eigenvalue weighted by Crippen LogP contribution is -2.39. The van der Waals surface area contributed by atoms with Gasteiger partial charge >= 0.3 is 0 Å². The van der Waals surface area contributed by atoms with Crippen molar-refractivity contribution in [2.24, 2.45) is 0 Å². The van der Waals surface area contributed by atoms with Gasteiger partial charge in [0.2, 0.25) is 0 Å². The fourth-order valence-corrected chi connectivity index (χ4v) is 2.79. The normalized spacial score (nSPS) is 16.8. The molecule has 5 heteroatoms. The molecule has 0 radical (unpaired) electrons. The Morgan fingerprint density at radius 2 is 1.74 bits per heavy atom. The second kappa shape index (κ2) is 7.51. The number of rotatable bonds is 6. The van der Waals surface area contributed by atoms with Crippen LogP contribution in [-0.4, -0.2) is 55.6 Å². The third-order valence-corrected chi connectivity index (χ3v) is 3.97. The Hall–Kier alpha value is -1.30. The molecule has 1 atom stereocenters. The molecule has 5 nitrogen and oxygen atoms in total. The summed E-state index contributed by atoms with van der Waals surface area (Å²) in [6, 6.07) is 4.10. The molecule has 0 aromatic heterocycles. The SMILES string of the molecule is COc1cc2c(cc1OC)CN(CC(O)COC(C)(C)C)CC2. The van der Waals surface area contributed by atoms with Gasteiger partial charge in [-0.3, -0.25) is 4.90 Å². The maximum absolute atomic E-state index is 10.2. The molecule has 1 unspecified atom stereocenters. The van der Waals surface area contributed by atoms with Crippen molar-refractivity contribution >= 4 is 0 Å². The molecule has 0 spiro atoms. The van der Waals surface area contributed by atoms with E-state index < -0.39 is 6.10 Å². The first-order valence-electron chi connectivity index (χ1n) is 8.10. The predicted octanol–water partition coefficient (Wildman–Crippen LogP) is 2.24. The van der Waals surface area contributed by atoms with Gasteiger partial charge in [-0.15, -0.1) is 0 Å².